The molecule has 1 N–H and O–H groups in total. The van der Waals surface area contributed by atoms with E-state index in [1.807, 2.05) is 7.05 Å². The van der Waals surface area contributed by atoms with E-state index in [-0.39, 0.29) is 0 Å². The summed E-state index contributed by atoms with van der Waals surface area (Å²) < 4.78 is 5.49. The van der Waals surface area contributed by atoms with Crippen LogP contribution in [-0.4, -0.2) is 14.2 Å². The van der Waals surface area contributed by atoms with Gasteiger partial charge >= 0.3 is 0 Å². The third kappa shape index (κ3) is 3.22. The maximum Gasteiger partial charge on any atom is 0.123 e. The first kappa shape index (κ1) is 12.4. The Hall–Kier alpha value is -1.02. The summed E-state index contributed by atoms with van der Waals surface area (Å²) in [5.41, 5.74) is 2.55. The van der Waals surface area contributed by atoms with Crippen molar-refractivity contribution in [3.8, 4) is 5.75 Å². The van der Waals surface area contributed by atoms with E-state index in [2.05, 4.69) is 30.4 Å². The molecule has 0 bridgehead atoms. The van der Waals surface area contributed by atoms with Crippen molar-refractivity contribution in [1.82, 2.24) is 5.32 Å². The quantitative estimate of drug-likeness (QED) is 0.812. The lowest BCUT2D eigenvalue weighted by atomic mass is 9.98. The molecule has 1 aromatic carbocycles. The van der Waals surface area contributed by atoms with Crippen molar-refractivity contribution in [1.29, 1.82) is 0 Å². The molecule has 1 fully saturated rings. The number of rotatable bonds is 6. The van der Waals surface area contributed by atoms with E-state index < -0.39 is 0 Å². The minimum Gasteiger partial charge on any atom is -0.496 e. The summed E-state index contributed by atoms with van der Waals surface area (Å²) in [6.45, 7) is 2.10. The Balaban J connectivity index is 2.10. The minimum absolute atomic E-state index is 0.422. The molecule has 2 nitrogen and oxygen atoms in total. The second kappa shape index (κ2) is 5.54. The van der Waals surface area contributed by atoms with Gasteiger partial charge in [0, 0.05) is 11.6 Å². The SMILES string of the molecule is CNC(CCC1CC1)c1ccc(C)cc1OC. The highest BCUT2D eigenvalue weighted by molar-refractivity contribution is 5.39. The third-order valence-corrected chi connectivity index (χ3v) is 3.67. The Labute approximate surface area is 104 Å². The third-order valence-electron chi connectivity index (χ3n) is 3.67. The molecule has 94 valence electrons. The molecule has 1 unspecified atom stereocenters. The number of ether oxygens (including phenoxy) is 1. The molecular formula is C15H23NO. The van der Waals surface area contributed by atoms with Crippen LogP contribution in [0, 0.1) is 12.8 Å². The Bertz CT molecular complexity index is 371. The normalized spacial score (nSPS) is 16.9. The smallest absolute Gasteiger partial charge is 0.123 e. The van der Waals surface area contributed by atoms with Crippen molar-refractivity contribution in [3.05, 3.63) is 29.3 Å². The molecule has 1 aliphatic rings. The fraction of sp³-hybridized carbons (Fsp3) is 0.600. The largest absolute Gasteiger partial charge is 0.496 e. The molecule has 0 spiro atoms. The van der Waals surface area contributed by atoms with Crippen LogP contribution in [0.25, 0.3) is 0 Å². The summed E-state index contributed by atoms with van der Waals surface area (Å²) in [5.74, 6) is 2.00. The van der Waals surface area contributed by atoms with Gasteiger partial charge in [-0.2, -0.15) is 0 Å². The first-order valence-corrected chi connectivity index (χ1v) is 6.56. The number of methoxy groups -OCH3 is 1. The Morgan fingerprint density at radius 2 is 2.18 bits per heavy atom. The van der Waals surface area contributed by atoms with Crippen LogP contribution in [0.5, 0.6) is 5.75 Å². The number of aryl methyl sites for hydroxylation is 1. The van der Waals surface area contributed by atoms with Gasteiger partial charge < -0.3 is 10.1 Å². The van der Waals surface area contributed by atoms with Gasteiger partial charge in [-0.15, -0.1) is 0 Å². The second-order valence-corrected chi connectivity index (χ2v) is 5.11. The van der Waals surface area contributed by atoms with Crippen LogP contribution in [0.1, 0.15) is 42.9 Å². The molecule has 0 aromatic heterocycles. The van der Waals surface area contributed by atoms with E-state index in [0.717, 1.165) is 11.7 Å². The van der Waals surface area contributed by atoms with Gasteiger partial charge in [0.05, 0.1) is 7.11 Å². The number of nitrogens with one attached hydrogen (secondary N) is 1. The summed E-state index contributed by atoms with van der Waals surface area (Å²) >= 11 is 0. The lowest BCUT2D eigenvalue weighted by molar-refractivity contribution is 0.396. The number of hydrogen-bond donors (Lipinski definition) is 1. The molecule has 2 rings (SSSR count). The molecule has 1 aromatic rings. The summed E-state index contributed by atoms with van der Waals surface area (Å²) in [5, 5.41) is 3.42. The highest BCUT2D eigenvalue weighted by Crippen LogP contribution is 2.37. The van der Waals surface area contributed by atoms with E-state index in [0.29, 0.717) is 6.04 Å². The highest BCUT2D eigenvalue weighted by Gasteiger charge is 2.23. The summed E-state index contributed by atoms with van der Waals surface area (Å²) in [6, 6.07) is 6.91. The molecule has 0 saturated heterocycles. The topological polar surface area (TPSA) is 21.3 Å². The Kier molecular flexibility index (Phi) is 4.06. The lowest BCUT2D eigenvalue weighted by Crippen LogP contribution is -2.17. The molecule has 0 amide bonds. The van der Waals surface area contributed by atoms with Crippen LogP contribution < -0.4 is 10.1 Å². The van der Waals surface area contributed by atoms with E-state index in [1.165, 1.54) is 36.8 Å². The van der Waals surface area contributed by atoms with Gasteiger partial charge in [-0.05, 0) is 44.4 Å². The van der Waals surface area contributed by atoms with E-state index >= 15 is 0 Å². The summed E-state index contributed by atoms with van der Waals surface area (Å²) in [6.07, 6.45) is 5.41. The van der Waals surface area contributed by atoms with Gasteiger partial charge in [0.25, 0.3) is 0 Å². The molecule has 0 heterocycles. The van der Waals surface area contributed by atoms with E-state index in [4.69, 9.17) is 4.74 Å². The van der Waals surface area contributed by atoms with Crippen molar-refractivity contribution in [2.75, 3.05) is 14.2 Å². The van der Waals surface area contributed by atoms with Crippen LogP contribution in [0.2, 0.25) is 0 Å². The molecule has 0 aliphatic heterocycles. The number of hydrogen-bond acceptors (Lipinski definition) is 2. The van der Waals surface area contributed by atoms with Gasteiger partial charge in [-0.1, -0.05) is 25.0 Å². The van der Waals surface area contributed by atoms with Crippen molar-refractivity contribution >= 4 is 0 Å². The second-order valence-electron chi connectivity index (χ2n) is 5.11. The highest BCUT2D eigenvalue weighted by atomic mass is 16.5. The van der Waals surface area contributed by atoms with E-state index in [9.17, 15) is 0 Å². The summed E-state index contributed by atoms with van der Waals surface area (Å²) in [7, 11) is 3.79. The van der Waals surface area contributed by atoms with Crippen LogP contribution in [0.4, 0.5) is 0 Å². The van der Waals surface area contributed by atoms with Crippen LogP contribution in [0.15, 0.2) is 18.2 Å². The molecule has 1 aliphatic carbocycles. The van der Waals surface area contributed by atoms with Crippen LogP contribution in [-0.2, 0) is 0 Å². The predicted octanol–water partition coefficient (Wildman–Crippen LogP) is 3.45. The minimum atomic E-state index is 0.422. The standard InChI is InChI=1S/C15H23NO/c1-11-4-8-13(15(10-11)17-3)14(16-2)9-7-12-5-6-12/h4,8,10,12,14,16H,5-7,9H2,1-3H3. The summed E-state index contributed by atoms with van der Waals surface area (Å²) in [4.78, 5) is 0. The van der Waals surface area contributed by atoms with Crippen molar-refractivity contribution in [2.45, 2.75) is 38.6 Å². The molecule has 0 radical (unpaired) electrons. The van der Waals surface area contributed by atoms with Gasteiger partial charge in [-0.3, -0.25) is 0 Å². The average Bonchev–Trinajstić information content (AvgIpc) is 3.15. The average molecular weight is 233 g/mol. The zero-order valence-corrected chi connectivity index (χ0v) is 11.1. The molecule has 17 heavy (non-hydrogen) atoms. The Morgan fingerprint density at radius 3 is 2.76 bits per heavy atom. The van der Waals surface area contributed by atoms with E-state index in [1.54, 1.807) is 7.11 Å². The molecule has 1 atom stereocenters. The van der Waals surface area contributed by atoms with Gasteiger partial charge in [0.2, 0.25) is 0 Å². The lowest BCUT2D eigenvalue weighted by Gasteiger charge is -2.19. The molecule has 1 saturated carbocycles. The maximum atomic E-state index is 5.49. The zero-order valence-electron chi connectivity index (χ0n) is 11.1. The van der Waals surface area contributed by atoms with Crippen molar-refractivity contribution < 1.29 is 4.74 Å². The Morgan fingerprint density at radius 1 is 1.41 bits per heavy atom. The molecular weight excluding hydrogens is 210 g/mol. The fourth-order valence-electron chi connectivity index (χ4n) is 2.37. The van der Waals surface area contributed by atoms with Gasteiger partial charge in [0.1, 0.15) is 5.75 Å². The number of benzene rings is 1. The predicted molar refractivity (Wildman–Crippen MR) is 71.5 cm³/mol. The molecule has 2 heteroatoms. The van der Waals surface area contributed by atoms with Crippen LogP contribution in [0.3, 0.4) is 0 Å². The maximum absolute atomic E-state index is 5.49. The zero-order chi connectivity index (χ0) is 12.3. The first-order chi connectivity index (χ1) is 8.24. The monoisotopic (exact) mass is 233 g/mol. The van der Waals surface area contributed by atoms with Crippen LogP contribution >= 0.6 is 0 Å². The van der Waals surface area contributed by atoms with Crippen molar-refractivity contribution in [2.24, 2.45) is 5.92 Å². The van der Waals surface area contributed by atoms with Crippen molar-refractivity contribution in [3.63, 3.8) is 0 Å². The van der Waals surface area contributed by atoms with Gasteiger partial charge in [-0.25, -0.2) is 0 Å². The first-order valence-electron chi connectivity index (χ1n) is 6.56. The van der Waals surface area contributed by atoms with Gasteiger partial charge in [0.15, 0.2) is 0 Å². The fourth-order valence-corrected chi connectivity index (χ4v) is 2.37.